The topological polar surface area (TPSA) is 203 Å². The zero-order valence-corrected chi connectivity index (χ0v) is 21.6. The van der Waals surface area contributed by atoms with Gasteiger partial charge in [-0.2, -0.15) is 0 Å². The monoisotopic (exact) mass is 521 g/mol. The van der Waals surface area contributed by atoms with Crippen LogP contribution in [-0.2, 0) is 30.5 Å². The zero-order valence-electron chi connectivity index (χ0n) is 21.6. The lowest BCUT2D eigenvalue weighted by Crippen LogP contribution is -2.51. The summed E-state index contributed by atoms with van der Waals surface area (Å²) in [6.45, 7) is 3.62. The summed E-state index contributed by atoms with van der Waals surface area (Å²) in [6, 6.07) is 4.04. The van der Waals surface area contributed by atoms with Gasteiger partial charge in [0.2, 0.25) is 11.8 Å². The van der Waals surface area contributed by atoms with Crippen LogP contribution < -0.4 is 27.4 Å². The number of ketones is 1. The number of urea groups is 1. The number of hydrogen-bond donors (Lipinski definition) is 6. The third kappa shape index (κ3) is 11.8. The highest BCUT2D eigenvalue weighted by molar-refractivity contribution is 5.97. The van der Waals surface area contributed by atoms with E-state index in [1.54, 1.807) is 38.1 Å². The predicted octanol–water partition coefficient (Wildman–Crippen LogP) is 0.563. The Kier molecular flexibility index (Phi) is 13.9. The average Bonchev–Trinajstić information content (AvgIpc) is 2.86. The largest absolute Gasteiger partial charge is 0.469 e. The molecule has 206 valence electrons. The Morgan fingerprint density at radius 2 is 1.68 bits per heavy atom. The summed E-state index contributed by atoms with van der Waals surface area (Å²) in [7, 11) is 1.24. The minimum Gasteiger partial charge on any atom is -0.469 e. The lowest BCUT2D eigenvalue weighted by atomic mass is 9.89. The highest BCUT2D eigenvalue weighted by Gasteiger charge is 2.30. The van der Waals surface area contributed by atoms with Gasteiger partial charge in [-0.05, 0) is 42.9 Å². The van der Waals surface area contributed by atoms with Crippen molar-refractivity contribution in [3.63, 3.8) is 0 Å². The summed E-state index contributed by atoms with van der Waals surface area (Å²) >= 11 is 0. The summed E-state index contributed by atoms with van der Waals surface area (Å²) in [5.41, 5.74) is 12.1. The Bertz CT molecular complexity index is 921. The molecule has 4 amide bonds. The van der Waals surface area contributed by atoms with Gasteiger partial charge in [0.25, 0.3) is 0 Å². The molecule has 0 spiro atoms. The number of hydrogen-bond acceptors (Lipinski definition) is 8. The second-order valence-electron chi connectivity index (χ2n) is 9.10. The minimum atomic E-state index is -1.01. The van der Waals surface area contributed by atoms with E-state index in [-0.39, 0.29) is 50.5 Å². The SMILES string of the molecule is COC(=O)CC[C@@H](N)C(=O)N[C@H](C(=O)C[C@@H](CCCNC(N)=O)C(=O)Nc1ccc(CO)cc1)C(C)C. The molecule has 12 nitrogen and oxygen atoms in total. The number of ether oxygens (including phenoxy) is 1. The van der Waals surface area contributed by atoms with Crippen molar-refractivity contribution in [3.8, 4) is 0 Å². The number of carbonyl (C=O) groups excluding carboxylic acids is 5. The minimum absolute atomic E-state index is 0.0355. The molecule has 0 fully saturated rings. The molecule has 0 radical (unpaired) electrons. The molecule has 0 unspecified atom stereocenters. The lowest BCUT2D eigenvalue weighted by Gasteiger charge is -2.25. The number of nitrogens with two attached hydrogens (primary N) is 2. The van der Waals surface area contributed by atoms with Crippen molar-refractivity contribution < 1.29 is 33.8 Å². The molecule has 0 aliphatic heterocycles. The molecule has 0 aromatic heterocycles. The average molecular weight is 522 g/mol. The number of esters is 1. The second-order valence-corrected chi connectivity index (χ2v) is 9.10. The molecule has 8 N–H and O–H groups in total. The Hall–Kier alpha value is -3.51. The number of methoxy groups -OCH3 is 1. The molecule has 1 aromatic carbocycles. The molecule has 1 aromatic rings. The van der Waals surface area contributed by atoms with Gasteiger partial charge in [0.05, 0.1) is 25.8 Å². The number of aliphatic hydroxyl groups excluding tert-OH is 1. The van der Waals surface area contributed by atoms with Crippen LogP contribution in [0.15, 0.2) is 24.3 Å². The van der Waals surface area contributed by atoms with Crippen molar-refractivity contribution in [1.82, 2.24) is 10.6 Å². The molecule has 0 aliphatic rings. The first-order valence-electron chi connectivity index (χ1n) is 12.2. The van der Waals surface area contributed by atoms with Crippen LogP contribution in [0, 0.1) is 11.8 Å². The number of nitrogens with one attached hydrogen (secondary N) is 3. The van der Waals surface area contributed by atoms with Crippen LogP contribution in [0.1, 0.15) is 51.5 Å². The number of rotatable bonds is 16. The summed E-state index contributed by atoms with van der Waals surface area (Å²) < 4.78 is 4.55. The summed E-state index contributed by atoms with van der Waals surface area (Å²) in [4.78, 5) is 61.1. The first kappa shape index (κ1) is 31.5. The molecule has 0 aliphatic carbocycles. The van der Waals surface area contributed by atoms with Gasteiger partial charge < -0.3 is 37.3 Å². The van der Waals surface area contributed by atoms with Crippen LogP contribution in [0.3, 0.4) is 0 Å². The van der Waals surface area contributed by atoms with Crippen LogP contribution in [0.2, 0.25) is 0 Å². The third-order valence-electron chi connectivity index (χ3n) is 5.79. The van der Waals surface area contributed by atoms with Crippen molar-refractivity contribution in [3.05, 3.63) is 29.8 Å². The Labute approximate surface area is 216 Å². The van der Waals surface area contributed by atoms with E-state index in [0.717, 1.165) is 0 Å². The molecule has 0 saturated heterocycles. The first-order valence-corrected chi connectivity index (χ1v) is 12.2. The summed E-state index contributed by atoms with van der Waals surface area (Å²) in [5.74, 6) is -2.84. The van der Waals surface area contributed by atoms with E-state index in [4.69, 9.17) is 11.5 Å². The molecular weight excluding hydrogens is 482 g/mol. The van der Waals surface area contributed by atoms with Gasteiger partial charge in [0.15, 0.2) is 5.78 Å². The maximum absolute atomic E-state index is 13.2. The van der Waals surface area contributed by atoms with E-state index in [9.17, 15) is 29.1 Å². The van der Waals surface area contributed by atoms with Crippen molar-refractivity contribution in [1.29, 1.82) is 0 Å². The molecule has 0 saturated carbocycles. The number of benzene rings is 1. The molecule has 0 bridgehead atoms. The van der Waals surface area contributed by atoms with Crippen molar-refractivity contribution in [2.45, 2.75) is 64.6 Å². The van der Waals surface area contributed by atoms with E-state index in [1.165, 1.54) is 7.11 Å². The van der Waals surface area contributed by atoms with E-state index in [0.29, 0.717) is 17.7 Å². The molecule has 12 heteroatoms. The van der Waals surface area contributed by atoms with E-state index in [2.05, 4.69) is 20.7 Å². The van der Waals surface area contributed by atoms with Gasteiger partial charge in [-0.1, -0.05) is 26.0 Å². The number of carbonyl (C=O) groups is 5. The quantitative estimate of drug-likeness (QED) is 0.134. The van der Waals surface area contributed by atoms with Gasteiger partial charge in [0, 0.05) is 31.0 Å². The Morgan fingerprint density at radius 3 is 2.22 bits per heavy atom. The molecule has 37 heavy (non-hydrogen) atoms. The standard InChI is InChI=1S/C25H39N5O7/c1-15(2)22(30-24(35)19(26)10-11-21(33)37-3)20(32)13-17(5-4-12-28-25(27)36)23(34)29-18-8-6-16(14-31)7-9-18/h6-9,15,17,19,22,31H,4-5,10-14,26H2,1-3H3,(H,29,34)(H,30,35)(H3,27,28,36)/t17-,19-,22+/m1/s1. The van der Waals surface area contributed by atoms with Crippen molar-refractivity contribution in [2.75, 3.05) is 19.0 Å². The molecule has 0 heterocycles. The van der Waals surface area contributed by atoms with Gasteiger partial charge in [-0.25, -0.2) is 4.79 Å². The normalized spacial score (nSPS) is 13.2. The number of anilines is 1. The van der Waals surface area contributed by atoms with E-state index < -0.39 is 41.8 Å². The number of amides is 4. The fourth-order valence-electron chi connectivity index (χ4n) is 3.58. The van der Waals surface area contributed by atoms with E-state index >= 15 is 0 Å². The smallest absolute Gasteiger partial charge is 0.312 e. The highest BCUT2D eigenvalue weighted by atomic mass is 16.5. The van der Waals surface area contributed by atoms with Crippen LogP contribution in [-0.4, -0.2) is 60.4 Å². The van der Waals surface area contributed by atoms with Gasteiger partial charge in [0.1, 0.15) is 0 Å². The fourth-order valence-corrected chi connectivity index (χ4v) is 3.58. The van der Waals surface area contributed by atoms with Gasteiger partial charge in [-0.15, -0.1) is 0 Å². The van der Waals surface area contributed by atoms with Crippen LogP contribution in [0.5, 0.6) is 0 Å². The van der Waals surface area contributed by atoms with Crippen LogP contribution in [0.4, 0.5) is 10.5 Å². The number of aliphatic hydroxyl groups is 1. The highest BCUT2D eigenvalue weighted by Crippen LogP contribution is 2.19. The molecule has 3 atom stereocenters. The van der Waals surface area contributed by atoms with E-state index in [1.807, 2.05) is 0 Å². The molecular formula is C25H39N5O7. The Morgan fingerprint density at radius 1 is 1.03 bits per heavy atom. The lowest BCUT2D eigenvalue weighted by molar-refractivity contribution is -0.141. The summed E-state index contributed by atoms with van der Waals surface area (Å²) in [5, 5.41) is 17.1. The maximum Gasteiger partial charge on any atom is 0.312 e. The Balaban J connectivity index is 2.91. The van der Waals surface area contributed by atoms with Gasteiger partial charge >= 0.3 is 12.0 Å². The number of Topliss-reactive ketones (excluding diaryl/α,β-unsaturated/α-hetero) is 1. The van der Waals surface area contributed by atoms with Gasteiger partial charge in [-0.3, -0.25) is 19.2 Å². The first-order chi connectivity index (χ1) is 17.5. The number of primary amides is 1. The fraction of sp³-hybridized carbons (Fsp3) is 0.560. The second kappa shape index (κ2) is 16.3. The zero-order chi connectivity index (χ0) is 28.0. The predicted molar refractivity (Wildman–Crippen MR) is 137 cm³/mol. The van der Waals surface area contributed by atoms with Crippen LogP contribution >= 0.6 is 0 Å². The summed E-state index contributed by atoms with van der Waals surface area (Å²) in [6.07, 6.45) is 0.549. The van der Waals surface area contributed by atoms with Crippen LogP contribution in [0.25, 0.3) is 0 Å². The third-order valence-corrected chi connectivity index (χ3v) is 5.79. The maximum atomic E-state index is 13.2. The van der Waals surface area contributed by atoms with Crippen molar-refractivity contribution >= 4 is 35.3 Å². The molecule has 1 rings (SSSR count). The van der Waals surface area contributed by atoms with Crippen molar-refractivity contribution in [2.24, 2.45) is 23.3 Å².